The number of likely N-dealkylation sites (tertiary alicyclic amines) is 1. The first-order valence-electron chi connectivity index (χ1n) is 6.87. The molecule has 2 fully saturated rings. The molecule has 2 saturated heterocycles. The molecule has 2 amide bonds. The van der Waals surface area contributed by atoms with Crippen LogP contribution in [0.1, 0.15) is 12.8 Å². The number of ether oxygens (including phenoxy) is 2. The second-order valence-corrected chi connectivity index (χ2v) is 5.12. The fourth-order valence-electron chi connectivity index (χ4n) is 2.64. The lowest BCUT2D eigenvalue weighted by Crippen LogP contribution is -2.48. The smallest absolute Gasteiger partial charge is 0.322 e. The quantitative estimate of drug-likeness (QED) is 0.866. The number of hydrogen-bond donors (Lipinski definition) is 1. The summed E-state index contributed by atoms with van der Waals surface area (Å²) in [5.74, 6) is -2.17. The molecule has 21 heavy (non-hydrogen) atoms. The van der Waals surface area contributed by atoms with Crippen molar-refractivity contribution in [1.29, 1.82) is 0 Å². The predicted octanol–water partition coefficient (Wildman–Crippen LogP) is 2.34. The Morgan fingerprint density at radius 1 is 1.14 bits per heavy atom. The average molecular weight is 298 g/mol. The van der Waals surface area contributed by atoms with Crippen molar-refractivity contribution >= 4 is 11.7 Å². The molecule has 0 bridgehead atoms. The SMILES string of the molecule is O=C(Nc1c(F)cccc1F)N1CCC2(CC1)OCCO2. The van der Waals surface area contributed by atoms with E-state index in [1.165, 1.54) is 11.0 Å². The van der Waals surface area contributed by atoms with Gasteiger partial charge in [0.2, 0.25) is 0 Å². The summed E-state index contributed by atoms with van der Waals surface area (Å²) in [6.45, 7) is 1.96. The Hall–Kier alpha value is -1.73. The van der Waals surface area contributed by atoms with Crippen LogP contribution in [-0.4, -0.2) is 43.0 Å². The molecule has 2 aliphatic rings. The molecule has 1 N–H and O–H groups in total. The van der Waals surface area contributed by atoms with Crippen molar-refractivity contribution in [2.45, 2.75) is 18.6 Å². The van der Waals surface area contributed by atoms with E-state index in [-0.39, 0.29) is 0 Å². The number of piperidine rings is 1. The van der Waals surface area contributed by atoms with Gasteiger partial charge < -0.3 is 19.7 Å². The first-order chi connectivity index (χ1) is 10.1. The van der Waals surface area contributed by atoms with Crippen LogP contribution in [0.4, 0.5) is 19.3 Å². The molecule has 1 spiro atoms. The average Bonchev–Trinajstić information content (AvgIpc) is 2.92. The summed E-state index contributed by atoms with van der Waals surface area (Å²) >= 11 is 0. The highest BCUT2D eigenvalue weighted by molar-refractivity contribution is 5.89. The third-order valence-electron chi connectivity index (χ3n) is 3.82. The van der Waals surface area contributed by atoms with Crippen LogP contribution >= 0.6 is 0 Å². The Labute approximate surface area is 120 Å². The lowest BCUT2D eigenvalue weighted by atomic mass is 10.0. The molecule has 114 valence electrons. The molecule has 0 aromatic heterocycles. The highest BCUT2D eigenvalue weighted by Gasteiger charge is 2.40. The van der Waals surface area contributed by atoms with Crippen LogP contribution in [0, 0.1) is 11.6 Å². The summed E-state index contributed by atoms with van der Waals surface area (Å²) in [5.41, 5.74) is -0.420. The molecule has 0 unspecified atom stereocenters. The maximum Gasteiger partial charge on any atom is 0.322 e. The van der Waals surface area contributed by atoms with E-state index in [0.717, 1.165) is 12.1 Å². The Morgan fingerprint density at radius 2 is 1.71 bits per heavy atom. The number of carbonyl (C=O) groups is 1. The summed E-state index contributed by atoms with van der Waals surface area (Å²) in [7, 11) is 0. The van der Waals surface area contributed by atoms with Gasteiger partial charge in [-0.25, -0.2) is 13.6 Å². The first-order valence-corrected chi connectivity index (χ1v) is 6.87. The number of hydrogen-bond acceptors (Lipinski definition) is 3. The Kier molecular flexibility index (Phi) is 3.77. The molecule has 1 aromatic rings. The van der Waals surface area contributed by atoms with Crippen molar-refractivity contribution in [1.82, 2.24) is 4.90 Å². The molecular formula is C14H16F2N2O3. The highest BCUT2D eigenvalue weighted by atomic mass is 19.1. The number of urea groups is 1. The van der Waals surface area contributed by atoms with Crippen LogP contribution in [0.5, 0.6) is 0 Å². The fraction of sp³-hybridized carbons (Fsp3) is 0.500. The molecule has 3 rings (SSSR count). The van der Waals surface area contributed by atoms with Gasteiger partial charge in [0.25, 0.3) is 0 Å². The minimum Gasteiger partial charge on any atom is -0.347 e. The van der Waals surface area contributed by atoms with Gasteiger partial charge in [0, 0.05) is 25.9 Å². The largest absolute Gasteiger partial charge is 0.347 e. The van der Waals surface area contributed by atoms with Crippen molar-refractivity contribution in [3.8, 4) is 0 Å². The molecule has 5 nitrogen and oxygen atoms in total. The zero-order chi connectivity index (χ0) is 14.9. The summed E-state index contributed by atoms with van der Waals surface area (Å²) in [4.78, 5) is 13.6. The molecule has 2 heterocycles. The Balaban J connectivity index is 1.62. The van der Waals surface area contributed by atoms with Crippen LogP contribution in [0.2, 0.25) is 0 Å². The van der Waals surface area contributed by atoms with Crippen molar-refractivity contribution in [2.24, 2.45) is 0 Å². The van der Waals surface area contributed by atoms with E-state index >= 15 is 0 Å². The van der Waals surface area contributed by atoms with Crippen LogP contribution in [0.3, 0.4) is 0 Å². The van der Waals surface area contributed by atoms with Gasteiger partial charge in [-0.1, -0.05) is 6.07 Å². The van der Waals surface area contributed by atoms with Crippen LogP contribution < -0.4 is 5.32 Å². The van der Waals surface area contributed by atoms with Gasteiger partial charge in [-0.05, 0) is 12.1 Å². The normalized spacial score (nSPS) is 20.8. The van der Waals surface area contributed by atoms with E-state index in [4.69, 9.17) is 9.47 Å². The van der Waals surface area contributed by atoms with Crippen LogP contribution in [0.15, 0.2) is 18.2 Å². The van der Waals surface area contributed by atoms with E-state index in [1.807, 2.05) is 0 Å². The number of nitrogens with one attached hydrogen (secondary N) is 1. The summed E-state index contributed by atoms with van der Waals surface area (Å²) in [5, 5.41) is 2.28. The molecule has 2 aliphatic heterocycles. The minimum atomic E-state index is -0.792. The van der Waals surface area contributed by atoms with Crippen molar-refractivity contribution in [3.05, 3.63) is 29.8 Å². The van der Waals surface area contributed by atoms with Gasteiger partial charge in [-0.15, -0.1) is 0 Å². The van der Waals surface area contributed by atoms with Gasteiger partial charge >= 0.3 is 6.03 Å². The van der Waals surface area contributed by atoms with E-state index in [0.29, 0.717) is 39.1 Å². The number of carbonyl (C=O) groups excluding carboxylic acids is 1. The molecule has 0 aliphatic carbocycles. The molecule has 0 saturated carbocycles. The third kappa shape index (κ3) is 2.84. The summed E-state index contributed by atoms with van der Waals surface area (Å²) < 4.78 is 38.1. The third-order valence-corrected chi connectivity index (χ3v) is 3.82. The second-order valence-electron chi connectivity index (χ2n) is 5.12. The second kappa shape index (κ2) is 5.57. The zero-order valence-corrected chi connectivity index (χ0v) is 11.4. The number of benzene rings is 1. The standard InChI is InChI=1S/C14H16F2N2O3/c15-10-2-1-3-11(16)12(10)17-13(19)18-6-4-14(5-7-18)20-8-9-21-14/h1-3H,4-9H2,(H,17,19). The van der Waals surface area contributed by atoms with Crippen molar-refractivity contribution < 1.29 is 23.0 Å². The van der Waals surface area contributed by atoms with Crippen molar-refractivity contribution in [3.63, 3.8) is 0 Å². The van der Waals surface area contributed by atoms with Crippen molar-refractivity contribution in [2.75, 3.05) is 31.6 Å². The zero-order valence-electron chi connectivity index (χ0n) is 11.4. The lowest BCUT2D eigenvalue weighted by molar-refractivity contribution is -0.181. The number of halogens is 2. The topological polar surface area (TPSA) is 50.8 Å². The molecule has 7 heteroatoms. The highest BCUT2D eigenvalue weighted by Crippen LogP contribution is 2.31. The Bertz CT molecular complexity index is 517. The maximum absolute atomic E-state index is 13.5. The number of nitrogens with zero attached hydrogens (tertiary/aromatic N) is 1. The van der Waals surface area contributed by atoms with E-state index in [2.05, 4.69) is 5.32 Å². The molecular weight excluding hydrogens is 282 g/mol. The predicted molar refractivity (Wildman–Crippen MR) is 70.8 cm³/mol. The van der Waals surface area contributed by atoms with Crippen LogP contribution in [0.25, 0.3) is 0 Å². The monoisotopic (exact) mass is 298 g/mol. The number of para-hydroxylation sites is 1. The van der Waals surface area contributed by atoms with Gasteiger partial charge in [0.15, 0.2) is 5.79 Å². The molecule has 0 atom stereocenters. The van der Waals surface area contributed by atoms with Crippen LogP contribution in [-0.2, 0) is 9.47 Å². The lowest BCUT2D eigenvalue weighted by Gasteiger charge is -2.37. The van der Waals surface area contributed by atoms with Gasteiger partial charge in [0.1, 0.15) is 17.3 Å². The molecule has 0 radical (unpaired) electrons. The first kappa shape index (κ1) is 14.2. The van der Waals surface area contributed by atoms with E-state index in [9.17, 15) is 13.6 Å². The minimum absolute atomic E-state index is 0.419. The maximum atomic E-state index is 13.5. The number of rotatable bonds is 1. The van der Waals surface area contributed by atoms with E-state index < -0.39 is 29.1 Å². The van der Waals surface area contributed by atoms with Gasteiger partial charge in [-0.2, -0.15) is 0 Å². The molecule has 1 aromatic carbocycles. The summed E-state index contributed by atoms with van der Waals surface area (Å²) in [6, 6.07) is 2.93. The fourth-order valence-corrected chi connectivity index (χ4v) is 2.64. The van der Waals surface area contributed by atoms with E-state index in [1.54, 1.807) is 0 Å². The summed E-state index contributed by atoms with van der Waals surface area (Å²) in [6.07, 6.45) is 1.11. The number of anilines is 1. The number of amides is 2. The van der Waals surface area contributed by atoms with Gasteiger partial charge in [-0.3, -0.25) is 0 Å². The Morgan fingerprint density at radius 3 is 2.29 bits per heavy atom. The van der Waals surface area contributed by atoms with Gasteiger partial charge in [0.05, 0.1) is 13.2 Å².